The molecule has 0 radical (unpaired) electrons. The molecule has 0 aliphatic heterocycles. The zero-order chi connectivity index (χ0) is 47.9. The molecule has 14 nitrogen and oxygen atoms in total. The summed E-state index contributed by atoms with van der Waals surface area (Å²) in [7, 11) is 0. The summed E-state index contributed by atoms with van der Waals surface area (Å²) in [6, 6.07) is 0. The van der Waals surface area contributed by atoms with Crippen molar-refractivity contribution in [3.8, 4) is 5.75 Å². The first-order chi connectivity index (χ1) is 30.1. The predicted molar refractivity (Wildman–Crippen MR) is 235 cm³/mol. The molecule has 0 aliphatic carbocycles. The van der Waals surface area contributed by atoms with Gasteiger partial charge < -0.3 is 46.4 Å². The van der Waals surface area contributed by atoms with E-state index >= 15 is 0 Å². The van der Waals surface area contributed by atoms with Gasteiger partial charge in [0.15, 0.2) is 0 Å². The first-order valence-corrected chi connectivity index (χ1v) is 22.5. The molecule has 63 heavy (non-hydrogen) atoms. The van der Waals surface area contributed by atoms with Crippen molar-refractivity contribution >= 4 is 42.6 Å². The molecule has 7 N–H and O–H groups in total. The van der Waals surface area contributed by atoms with E-state index in [-0.39, 0.29) is 61.7 Å². The van der Waals surface area contributed by atoms with Crippen molar-refractivity contribution in [3.05, 3.63) is 29.1 Å². The Labute approximate surface area is 376 Å². The molecule has 20 heteroatoms. The second-order valence-electron chi connectivity index (χ2n) is 14.8. The molecule has 366 valence electrons. The third-order valence-electron chi connectivity index (χ3n) is 9.13. The van der Waals surface area contributed by atoms with Crippen LogP contribution in [0.1, 0.15) is 124 Å². The second-order valence-corrected chi connectivity index (χ2v) is 15.2. The third-order valence-corrected chi connectivity index (χ3v) is 9.45. The number of ether oxygens (including phenoxy) is 4. The van der Waals surface area contributed by atoms with E-state index in [2.05, 4.69) is 40.2 Å². The molecule has 1 aromatic rings. The maximum atomic E-state index is 13.1. The van der Waals surface area contributed by atoms with Gasteiger partial charge in [-0.15, -0.1) is 0 Å². The lowest BCUT2D eigenvalue weighted by atomic mass is 9.81. The maximum absolute atomic E-state index is 13.1. The molecule has 0 bridgehead atoms. The number of nitrogens with one attached hydrogen (secondary N) is 3. The van der Waals surface area contributed by atoms with Crippen molar-refractivity contribution in [3.63, 3.8) is 0 Å². The topological polar surface area (TPSA) is 210 Å². The normalized spacial score (nSPS) is 11.7. The lowest BCUT2D eigenvalue weighted by Gasteiger charge is -2.35. The standard InChI is InChI=1S/C31H60N4O7S.C7HF5O2.C5H13N/c1-4-19-40-21-23-42-24-22-41-20-12-30(39)35-31(13-9-27(36)26(2)3,14-10-28(37)33-17-6-5-16-32)15-11-29(38)34-18-7-8-25-43;8-2-3(9)5(11)7(14-1-13)6(12)4(2)10;1-2-3-4-5-6/h26,43H,4-25,32H2,1-3H3,(H,33,37)(H,34,38)(H,35,39);1H;2-6H2,1H3. The number of carbonyl (C=O) groups excluding carboxylic acids is 5. The SMILES string of the molecule is CCCCCN.CCCOCCOCCOCCC(=O)NC(CCC(=O)NCCCCN)(CCC(=O)NCCCCS)CCC(=O)C(C)C.O=COc1c(F)c(F)c(F)c(F)c1F. The van der Waals surface area contributed by atoms with Crippen LogP contribution >= 0.6 is 12.6 Å². The molecule has 3 amide bonds. The van der Waals surface area contributed by atoms with Crippen molar-refractivity contribution in [2.45, 2.75) is 130 Å². The minimum atomic E-state index is -2.31. The second kappa shape index (κ2) is 40.1. The van der Waals surface area contributed by atoms with E-state index in [0.29, 0.717) is 71.9 Å². The van der Waals surface area contributed by atoms with E-state index in [4.69, 9.17) is 25.7 Å². The third kappa shape index (κ3) is 31.2. The fourth-order valence-electron chi connectivity index (χ4n) is 5.40. The Bertz CT molecular complexity index is 1360. The molecule has 0 saturated heterocycles. The molecule has 0 heterocycles. The molecule has 0 fully saturated rings. The number of carbonyl (C=O) groups is 5. The first-order valence-electron chi connectivity index (χ1n) is 21.8. The molecular weight excluding hydrogens is 858 g/mol. The Morgan fingerprint density at radius 2 is 1.08 bits per heavy atom. The summed E-state index contributed by atoms with van der Waals surface area (Å²) in [5.74, 6) is -12.4. The zero-order valence-corrected chi connectivity index (χ0v) is 38.6. The summed E-state index contributed by atoms with van der Waals surface area (Å²) in [4.78, 5) is 60.7. The maximum Gasteiger partial charge on any atom is 0.298 e. The molecule has 0 spiro atoms. The smallest absolute Gasteiger partial charge is 0.298 e. The van der Waals surface area contributed by atoms with Crippen LogP contribution in [0, 0.1) is 35.0 Å². The van der Waals surface area contributed by atoms with Crippen LogP contribution in [0.5, 0.6) is 5.75 Å². The number of amides is 3. The Morgan fingerprint density at radius 3 is 1.52 bits per heavy atom. The summed E-state index contributed by atoms with van der Waals surface area (Å²) in [5.41, 5.74) is 9.86. The summed E-state index contributed by atoms with van der Waals surface area (Å²) >= 11 is 4.20. The van der Waals surface area contributed by atoms with Crippen molar-refractivity contribution in [2.75, 3.05) is 71.6 Å². The van der Waals surface area contributed by atoms with Crippen molar-refractivity contribution in [1.29, 1.82) is 0 Å². The fraction of sp³-hybridized carbons (Fsp3) is 0.744. The van der Waals surface area contributed by atoms with Gasteiger partial charge in [-0.2, -0.15) is 21.4 Å². The van der Waals surface area contributed by atoms with Gasteiger partial charge in [0.1, 0.15) is 5.78 Å². The van der Waals surface area contributed by atoms with Crippen LogP contribution in [0.15, 0.2) is 0 Å². The lowest BCUT2D eigenvalue weighted by Crippen LogP contribution is -2.50. The van der Waals surface area contributed by atoms with Crippen molar-refractivity contribution in [2.24, 2.45) is 17.4 Å². The van der Waals surface area contributed by atoms with Gasteiger partial charge in [-0.1, -0.05) is 40.5 Å². The number of ketones is 1. The minimum absolute atomic E-state index is 0.0736. The van der Waals surface area contributed by atoms with Gasteiger partial charge in [-0.05, 0) is 76.6 Å². The minimum Gasteiger partial charge on any atom is -0.422 e. The number of hydrogen-bond acceptors (Lipinski definition) is 12. The van der Waals surface area contributed by atoms with E-state index in [0.717, 1.165) is 44.4 Å². The van der Waals surface area contributed by atoms with Gasteiger partial charge in [0.2, 0.25) is 52.6 Å². The summed E-state index contributed by atoms with van der Waals surface area (Å²) in [6.45, 7) is 12.7. The number of nitrogens with two attached hydrogens (primary N) is 2. The number of Topliss-reactive ketones (excluding diaryl/α,β-unsaturated/α-hetero) is 1. The predicted octanol–water partition coefficient (Wildman–Crippen LogP) is 5.99. The number of unbranched alkanes of at least 4 members (excludes halogenated alkanes) is 4. The van der Waals surface area contributed by atoms with E-state index in [1.165, 1.54) is 19.3 Å². The van der Waals surface area contributed by atoms with Crippen LogP contribution in [-0.2, 0) is 38.2 Å². The summed E-state index contributed by atoms with van der Waals surface area (Å²) in [5, 5.41) is 8.94. The van der Waals surface area contributed by atoms with Crippen LogP contribution < -0.4 is 32.2 Å². The van der Waals surface area contributed by atoms with Gasteiger partial charge in [0.25, 0.3) is 6.47 Å². The Kier molecular flexibility index (Phi) is 39.3. The van der Waals surface area contributed by atoms with Gasteiger partial charge >= 0.3 is 0 Å². The summed E-state index contributed by atoms with van der Waals surface area (Å²) in [6.07, 6.45) is 9.74. The van der Waals surface area contributed by atoms with Crippen molar-refractivity contribution in [1.82, 2.24) is 16.0 Å². The van der Waals surface area contributed by atoms with Gasteiger partial charge in [-0.25, -0.2) is 13.2 Å². The van der Waals surface area contributed by atoms with E-state index in [9.17, 15) is 45.9 Å². The Hall–Kier alpha value is -3.43. The monoisotopic (exact) mass is 932 g/mol. The largest absolute Gasteiger partial charge is 0.422 e. The Balaban J connectivity index is 0. The molecule has 1 atom stereocenters. The van der Waals surface area contributed by atoms with Crippen LogP contribution in [-0.4, -0.2) is 107 Å². The van der Waals surface area contributed by atoms with Crippen LogP contribution in [0.3, 0.4) is 0 Å². The Morgan fingerprint density at radius 1 is 0.619 bits per heavy atom. The van der Waals surface area contributed by atoms with Crippen LogP contribution in [0.2, 0.25) is 0 Å². The van der Waals surface area contributed by atoms with E-state index < -0.39 is 46.8 Å². The quantitative estimate of drug-likeness (QED) is 0.0116. The summed E-state index contributed by atoms with van der Waals surface area (Å²) < 4.78 is 82.3. The highest BCUT2D eigenvalue weighted by Crippen LogP contribution is 2.29. The molecular formula is C43H74F5N5O9S. The number of halogens is 5. The van der Waals surface area contributed by atoms with Gasteiger partial charge in [0, 0.05) is 56.8 Å². The van der Waals surface area contributed by atoms with Gasteiger partial charge in [0.05, 0.1) is 33.0 Å². The van der Waals surface area contributed by atoms with E-state index in [1.807, 2.05) is 20.8 Å². The molecule has 1 rings (SSSR count). The fourth-order valence-corrected chi connectivity index (χ4v) is 5.62. The molecule has 1 aromatic carbocycles. The van der Waals surface area contributed by atoms with Crippen LogP contribution in [0.25, 0.3) is 0 Å². The number of hydrogen-bond donors (Lipinski definition) is 6. The highest BCUT2D eigenvalue weighted by molar-refractivity contribution is 7.80. The average Bonchev–Trinajstić information content (AvgIpc) is 3.27. The van der Waals surface area contributed by atoms with E-state index in [1.54, 1.807) is 0 Å². The molecule has 0 aliphatic rings. The molecule has 0 saturated carbocycles. The highest BCUT2D eigenvalue weighted by atomic mass is 32.1. The molecule has 0 aromatic heterocycles. The number of rotatable bonds is 35. The highest BCUT2D eigenvalue weighted by Gasteiger charge is 2.34. The lowest BCUT2D eigenvalue weighted by molar-refractivity contribution is -0.128. The van der Waals surface area contributed by atoms with Crippen LogP contribution in [0.4, 0.5) is 22.0 Å². The average molecular weight is 932 g/mol. The number of thiol groups is 1. The van der Waals surface area contributed by atoms with Gasteiger partial charge in [-0.3, -0.25) is 24.0 Å². The molecule has 1 unspecified atom stereocenters. The first kappa shape index (κ1) is 61.7. The number of benzene rings is 1. The van der Waals surface area contributed by atoms with Crippen molar-refractivity contribution < 1.29 is 64.9 Å². The zero-order valence-electron chi connectivity index (χ0n) is 37.7.